The van der Waals surface area contributed by atoms with Gasteiger partial charge in [0.1, 0.15) is 10.8 Å². The van der Waals surface area contributed by atoms with E-state index in [0.29, 0.717) is 5.76 Å². The average molecular weight is 327 g/mol. The number of aromatic nitrogens is 1. The predicted octanol–water partition coefficient (Wildman–Crippen LogP) is 2.86. The van der Waals surface area contributed by atoms with Gasteiger partial charge >= 0.3 is 6.03 Å². The molecule has 0 saturated carbocycles. The van der Waals surface area contributed by atoms with Crippen molar-refractivity contribution in [2.24, 2.45) is 0 Å². The molecule has 0 bridgehead atoms. The second-order valence-electron chi connectivity index (χ2n) is 5.50. The topological polar surface area (TPSA) is 75.4 Å². The minimum Gasteiger partial charge on any atom is -0.466 e. The fourth-order valence-electron chi connectivity index (χ4n) is 2.69. The van der Waals surface area contributed by atoms with Gasteiger partial charge in [-0.3, -0.25) is 9.69 Å². The van der Waals surface area contributed by atoms with E-state index in [0.717, 1.165) is 15.2 Å². The number of amides is 3. The number of nitrogens with one attached hydrogen (secondary N) is 1. The highest BCUT2D eigenvalue weighted by molar-refractivity contribution is 7.18. The number of para-hydroxylation sites is 1. The van der Waals surface area contributed by atoms with E-state index in [4.69, 9.17) is 4.42 Å². The number of hydrogen-bond donors (Lipinski definition) is 1. The van der Waals surface area contributed by atoms with Crippen LogP contribution in [0.4, 0.5) is 4.79 Å². The van der Waals surface area contributed by atoms with Crippen LogP contribution in [0.5, 0.6) is 0 Å². The van der Waals surface area contributed by atoms with Crippen molar-refractivity contribution in [2.75, 3.05) is 0 Å². The van der Waals surface area contributed by atoms with Crippen molar-refractivity contribution in [1.82, 2.24) is 15.2 Å². The van der Waals surface area contributed by atoms with Crippen LogP contribution < -0.4 is 5.32 Å². The first-order valence-corrected chi connectivity index (χ1v) is 7.92. The maximum absolute atomic E-state index is 12.7. The summed E-state index contributed by atoms with van der Waals surface area (Å²) in [6, 6.07) is 10.7. The van der Waals surface area contributed by atoms with Crippen LogP contribution in [-0.2, 0) is 16.9 Å². The molecule has 7 heteroatoms. The molecule has 4 rings (SSSR count). The second kappa shape index (κ2) is 4.92. The first-order valence-electron chi connectivity index (χ1n) is 7.10. The first-order chi connectivity index (χ1) is 11.1. The maximum Gasteiger partial charge on any atom is 0.325 e. The lowest BCUT2D eigenvalue weighted by molar-refractivity contribution is -0.132. The lowest BCUT2D eigenvalue weighted by Gasteiger charge is -2.18. The van der Waals surface area contributed by atoms with E-state index in [-0.39, 0.29) is 12.5 Å². The summed E-state index contributed by atoms with van der Waals surface area (Å²) in [4.78, 5) is 30.6. The van der Waals surface area contributed by atoms with Gasteiger partial charge in [0.2, 0.25) is 0 Å². The molecule has 1 N–H and O–H groups in total. The highest BCUT2D eigenvalue weighted by Gasteiger charge is 2.51. The fourth-order valence-corrected chi connectivity index (χ4v) is 3.65. The molecule has 116 valence electrons. The van der Waals surface area contributed by atoms with E-state index in [9.17, 15) is 9.59 Å². The molecule has 1 saturated heterocycles. The van der Waals surface area contributed by atoms with Gasteiger partial charge in [0.15, 0.2) is 5.54 Å². The highest BCUT2D eigenvalue weighted by atomic mass is 32.1. The van der Waals surface area contributed by atoms with Crippen LogP contribution in [0.3, 0.4) is 0 Å². The van der Waals surface area contributed by atoms with Gasteiger partial charge in [0, 0.05) is 0 Å². The first kappa shape index (κ1) is 14.0. The van der Waals surface area contributed by atoms with Gasteiger partial charge in [0.05, 0.1) is 23.0 Å². The Morgan fingerprint density at radius 2 is 2.09 bits per heavy atom. The van der Waals surface area contributed by atoms with Gasteiger partial charge in [-0.2, -0.15) is 0 Å². The zero-order valence-corrected chi connectivity index (χ0v) is 13.1. The Morgan fingerprint density at radius 3 is 2.83 bits per heavy atom. The number of hydrogen-bond acceptors (Lipinski definition) is 5. The van der Waals surface area contributed by atoms with E-state index in [2.05, 4.69) is 10.3 Å². The van der Waals surface area contributed by atoms with E-state index in [1.807, 2.05) is 24.3 Å². The molecule has 1 aromatic carbocycles. The molecular weight excluding hydrogens is 314 g/mol. The zero-order chi connectivity index (χ0) is 16.0. The van der Waals surface area contributed by atoms with E-state index in [1.54, 1.807) is 19.1 Å². The number of thiazole rings is 1. The largest absolute Gasteiger partial charge is 0.466 e. The third-order valence-electron chi connectivity index (χ3n) is 3.92. The molecule has 3 aromatic rings. The second-order valence-corrected chi connectivity index (χ2v) is 6.61. The van der Waals surface area contributed by atoms with Crippen molar-refractivity contribution in [2.45, 2.75) is 19.0 Å². The molecule has 3 amide bonds. The van der Waals surface area contributed by atoms with Gasteiger partial charge < -0.3 is 9.73 Å². The summed E-state index contributed by atoms with van der Waals surface area (Å²) in [6.45, 7) is 1.80. The summed E-state index contributed by atoms with van der Waals surface area (Å²) in [7, 11) is 0. The maximum atomic E-state index is 12.7. The van der Waals surface area contributed by atoms with Gasteiger partial charge in [-0.1, -0.05) is 12.1 Å². The van der Waals surface area contributed by atoms with Crippen LogP contribution in [0.25, 0.3) is 10.2 Å². The van der Waals surface area contributed by atoms with Crippen molar-refractivity contribution in [3.8, 4) is 0 Å². The van der Waals surface area contributed by atoms with Crippen LogP contribution in [0, 0.1) is 0 Å². The number of fused-ring (bicyclic) bond motifs is 1. The van der Waals surface area contributed by atoms with Crippen LogP contribution >= 0.6 is 11.3 Å². The minimum atomic E-state index is -1.17. The minimum absolute atomic E-state index is 0.153. The molecule has 1 atom stereocenters. The Balaban J connectivity index is 1.64. The molecule has 1 aliphatic heterocycles. The number of nitrogens with zero attached hydrogens (tertiary/aromatic N) is 2. The smallest absolute Gasteiger partial charge is 0.325 e. The molecule has 1 aliphatic rings. The summed E-state index contributed by atoms with van der Waals surface area (Å²) in [5, 5.41) is 3.43. The third-order valence-corrected chi connectivity index (χ3v) is 4.94. The van der Waals surface area contributed by atoms with Crippen molar-refractivity contribution in [3.63, 3.8) is 0 Å². The zero-order valence-electron chi connectivity index (χ0n) is 12.3. The van der Waals surface area contributed by atoms with Crippen LogP contribution in [0.15, 0.2) is 47.1 Å². The molecule has 6 nitrogen and oxygen atoms in total. The molecule has 0 spiro atoms. The Hall–Kier alpha value is -2.67. The highest BCUT2D eigenvalue weighted by Crippen LogP contribution is 2.31. The van der Waals surface area contributed by atoms with Crippen molar-refractivity contribution in [3.05, 3.63) is 53.4 Å². The Labute approximate surface area is 135 Å². The van der Waals surface area contributed by atoms with E-state index >= 15 is 0 Å². The number of furan rings is 1. The van der Waals surface area contributed by atoms with E-state index in [1.165, 1.54) is 22.5 Å². The number of benzene rings is 1. The molecule has 23 heavy (non-hydrogen) atoms. The Morgan fingerprint density at radius 1 is 1.26 bits per heavy atom. The van der Waals surface area contributed by atoms with Gasteiger partial charge in [-0.05, 0) is 31.2 Å². The fraction of sp³-hybridized carbons (Fsp3) is 0.188. The SMILES string of the molecule is C[C@@]1(c2ccco2)NC(=O)N(Cc2nc3ccccc3s2)C1=O. The van der Waals surface area contributed by atoms with Gasteiger partial charge in [-0.25, -0.2) is 9.78 Å². The van der Waals surface area contributed by atoms with Gasteiger partial charge in [-0.15, -0.1) is 11.3 Å². The van der Waals surface area contributed by atoms with Gasteiger partial charge in [0.25, 0.3) is 5.91 Å². The van der Waals surface area contributed by atoms with Crippen LogP contribution in [0.1, 0.15) is 17.7 Å². The van der Waals surface area contributed by atoms with E-state index < -0.39 is 11.6 Å². The Kier molecular flexibility index (Phi) is 2.99. The number of carbonyl (C=O) groups is 2. The molecule has 3 heterocycles. The molecule has 0 radical (unpaired) electrons. The number of carbonyl (C=O) groups excluding carboxylic acids is 2. The van der Waals surface area contributed by atoms with Crippen molar-refractivity contribution >= 4 is 33.5 Å². The summed E-state index contributed by atoms with van der Waals surface area (Å²) in [5.74, 6) is 0.0827. The molecule has 0 unspecified atom stereocenters. The summed E-state index contributed by atoms with van der Waals surface area (Å²) >= 11 is 1.48. The molecule has 2 aromatic heterocycles. The summed E-state index contributed by atoms with van der Waals surface area (Å²) in [6.07, 6.45) is 1.48. The summed E-state index contributed by atoms with van der Waals surface area (Å²) < 4.78 is 6.34. The Bertz CT molecular complexity index is 869. The number of imide groups is 1. The molecule has 1 fully saturated rings. The average Bonchev–Trinajstić information content (AvgIpc) is 3.23. The van der Waals surface area contributed by atoms with Crippen molar-refractivity contribution in [1.29, 1.82) is 0 Å². The number of urea groups is 1. The van der Waals surface area contributed by atoms with Crippen molar-refractivity contribution < 1.29 is 14.0 Å². The number of rotatable bonds is 3. The predicted molar refractivity (Wildman–Crippen MR) is 84.8 cm³/mol. The van der Waals surface area contributed by atoms with Crippen LogP contribution in [0.2, 0.25) is 0 Å². The summed E-state index contributed by atoms with van der Waals surface area (Å²) in [5.41, 5.74) is -0.301. The monoisotopic (exact) mass is 327 g/mol. The van der Waals surface area contributed by atoms with Crippen LogP contribution in [-0.4, -0.2) is 21.8 Å². The lowest BCUT2D eigenvalue weighted by atomic mass is 9.99. The third kappa shape index (κ3) is 2.12. The lowest BCUT2D eigenvalue weighted by Crippen LogP contribution is -2.40. The quantitative estimate of drug-likeness (QED) is 0.751. The standard InChI is InChI=1S/C16H13N3O3S/c1-16(12-7-4-8-22-12)14(20)19(15(21)18-16)9-13-17-10-5-2-3-6-11(10)23-13/h2-8H,9H2,1H3,(H,18,21)/t16-/m0/s1. The molecular formula is C16H13N3O3S. The normalized spacial score (nSPS) is 21.2. The molecule has 0 aliphatic carbocycles.